The van der Waals surface area contributed by atoms with Gasteiger partial charge in [0.15, 0.2) is 5.69 Å². The molecule has 0 aliphatic carbocycles. The quantitative estimate of drug-likeness (QED) is 0.524. The van der Waals surface area contributed by atoms with Gasteiger partial charge in [0.25, 0.3) is 12.4 Å². The first kappa shape index (κ1) is 21.8. The van der Waals surface area contributed by atoms with Crippen molar-refractivity contribution in [1.82, 2.24) is 25.7 Å². The van der Waals surface area contributed by atoms with Crippen LogP contribution in [0.1, 0.15) is 42.2 Å². The SMILES string of the molecule is CCCNC(=O)Cc1ccc2[nH]nc(C(=O)N[C@@H]3CN4CCC3CC4)c2c1.O=CO. The average molecular weight is 415 g/mol. The minimum absolute atomic E-state index is 0.00187. The molecule has 2 aromatic rings. The second-order valence-corrected chi connectivity index (χ2v) is 7.80. The van der Waals surface area contributed by atoms with Crippen molar-refractivity contribution in [1.29, 1.82) is 0 Å². The number of hydrogen-bond acceptors (Lipinski definition) is 5. The Labute approximate surface area is 175 Å². The molecular weight excluding hydrogens is 386 g/mol. The van der Waals surface area contributed by atoms with E-state index in [4.69, 9.17) is 9.90 Å². The van der Waals surface area contributed by atoms with Crippen LogP contribution in [0.5, 0.6) is 0 Å². The lowest BCUT2D eigenvalue weighted by Gasteiger charge is -2.44. The highest BCUT2D eigenvalue weighted by molar-refractivity contribution is 6.05. The number of carbonyl (C=O) groups excluding carboxylic acids is 2. The van der Waals surface area contributed by atoms with Gasteiger partial charge in [0.2, 0.25) is 5.91 Å². The lowest BCUT2D eigenvalue weighted by atomic mass is 9.84. The number of carboxylic acid groups (broad SMARTS) is 1. The molecule has 3 saturated heterocycles. The Bertz CT molecular complexity index is 889. The Morgan fingerprint density at radius 2 is 2.07 bits per heavy atom. The normalized spacial score (nSPS) is 22.1. The van der Waals surface area contributed by atoms with Crippen molar-refractivity contribution in [2.75, 3.05) is 26.2 Å². The molecule has 1 aromatic carbocycles. The number of benzene rings is 1. The molecule has 0 saturated carbocycles. The predicted molar refractivity (Wildman–Crippen MR) is 112 cm³/mol. The Hall–Kier alpha value is -2.94. The molecule has 4 heterocycles. The van der Waals surface area contributed by atoms with Crippen molar-refractivity contribution in [2.24, 2.45) is 5.92 Å². The molecular formula is C21H29N5O4. The number of piperidine rings is 3. The van der Waals surface area contributed by atoms with E-state index in [1.807, 2.05) is 25.1 Å². The lowest BCUT2D eigenvalue weighted by Crippen LogP contribution is -2.57. The molecule has 3 aliphatic heterocycles. The molecule has 3 fully saturated rings. The second-order valence-electron chi connectivity index (χ2n) is 7.80. The van der Waals surface area contributed by atoms with Crippen LogP contribution < -0.4 is 10.6 Å². The first-order valence-electron chi connectivity index (χ1n) is 10.4. The lowest BCUT2D eigenvalue weighted by molar-refractivity contribution is -0.123. The minimum atomic E-state index is -0.250. The van der Waals surface area contributed by atoms with E-state index in [0.29, 0.717) is 24.6 Å². The molecule has 2 amide bonds. The Balaban J connectivity index is 0.000000806. The van der Waals surface area contributed by atoms with Crippen LogP contribution in [-0.4, -0.2) is 70.7 Å². The third-order valence-electron chi connectivity index (χ3n) is 5.75. The first-order chi connectivity index (χ1) is 14.5. The minimum Gasteiger partial charge on any atom is -0.483 e. The van der Waals surface area contributed by atoms with Gasteiger partial charge < -0.3 is 20.6 Å². The van der Waals surface area contributed by atoms with Gasteiger partial charge in [-0.25, -0.2) is 0 Å². The number of rotatable bonds is 6. The summed E-state index contributed by atoms with van der Waals surface area (Å²) in [6, 6.07) is 5.89. The number of aromatic nitrogens is 2. The number of hydrogen-bond donors (Lipinski definition) is 4. The van der Waals surface area contributed by atoms with Crippen LogP contribution in [0.15, 0.2) is 18.2 Å². The van der Waals surface area contributed by atoms with Gasteiger partial charge in [-0.3, -0.25) is 19.5 Å². The fourth-order valence-corrected chi connectivity index (χ4v) is 4.22. The van der Waals surface area contributed by atoms with Crippen LogP contribution in [0.25, 0.3) is 10.9 Å². The Morgan fingerprint density at radius 1 is 1.33 bits per heavy atom. The number of nitrogens with zero attached hydrogens (tertiary/aromatic N) is 2. The smallest absolute Gasteiger partial charge is 0.290 e. The van der Waals surface area contributed by atoms with Crippen molar-refractivity contribution in [3.05, 3.63) is 29.5 Å². The molecule has 4 N–H and O–H groups in total. The van der Waals surface area contributed by atoms with E-state index < -0.39 is 0 Å². The molecule has 3 aliphatic rings. The van der Waals surface area contributed by atoms with Gasteiger partial charge in [-0.1, -0.05) is 13.0 Å². The van der Waals surface area contributed by atoms with Gasteiger partial charge in [-0.05, 0) is 56.0 Å². The number of amides is 2. The number of carbonyl (C=O) groups is 3. The summed E-state index contributed by atoms with van der Waals surface area (Å²) < 4.78 is 0. The molecule has 0 radical (unpaired) electrons. The largest absolute Gasteiger partial charge is 0.483 e. The zero-order valence-corrected chi connectivity index (χ0v) is 17.2. The van der Waals surface area contributed by atoms with Crippen LogP contribution in [0, 0.1) is 5.92 Å². The van der Waals surface area contributed by atoms with Crippen LogP contribution in [0.3, 0.4) is 0 Å². The summed E-state index contributed by atoms with van der Waals surface area (Å²) in [7, 11) is 0. The van der Waals surface area contributed by atoms with Gasteiger partial charge in [0, 0.05) is 24.5 Å². The van der Waals surface area contributed by atoms with Gasteiger partial charge in [0.1, 0.15) is 0 Å². The monoisotopic (exact) mass is 415 g/mol. The molecule has 1 atom stereocenters. The Morgan fingerprint density at radius 3 is 2.70 bits per heavy atom. The van der Waals surface area contributed by atoms with E-state index in [9.17, 15) is 9.59 Å². The first-order valence-corrected chi connectivity index (χ1v) is 10.4. The average Bonchev–Trinajstić information content (AvgIpc) is 3.17. The van der Waals surface area contributed by atoms with E-state index in [0.717, 1.165) is 55.4 Å². The summed E-state index contributed by atoms with van der Waals surface area (Å²) in [5, 5.41) is 20.9. The highest BCUT2D eigenvalue weighted by Crippen LogP contribution is 2.28. The van der Waals surface area contributed by atoms with Gasteiger partial charge in [-0.2, -0.15) is 5.10 Å². The van der Waals surface area contributed by atoms with Gasteiger partial charge in [-0.15, -0.1) is 0 Å². The molecule has 0 spiro atoms. The highest BCUT2D eigenvalue weighted by Gasteiger charge is 2.35. The van der Waals surface area contributed by atoms with Crippen molar-refractivity contribution in [2.45, 2.75) is 38.6 Å². The van der Waals surface area contributed by atoms with Crippen molar-refractivity contribution >= 4 is 29.2 Å². The number of nitrogens with one attached hydrogen (secondary N) is 3. The standard InChI is InChI=1S/C20H27N5O2.CH2O2/c1-2-7-21-18(26)11-13-3-4-16-15(10-13)19(24-23-16)20(27)22-17-12-25-8-5-14(17)6-9-25;2-1-3/h3-4,10,14,17H,2,5-9,11-12H2,1H3,(H,21,26)(H,22,27)(H,23,24);1H,(H,2,3)/t17-;/m1./s1. The van der Waals surface area contributed by atoms with Crippen molar-refractivity contribution in [3.8, 4) is 0 Å². The zero-order chi connectivity index (χ0) is 21.5. The number of H-pyrrole nitrogens is 1. The topological polar surface area (TPSA) is 127 Å². The van der Waals surface area contributed by atoms with E-state index in [2.05, 4.69) is 25.7 Å². The maximum Gasteiger partial charge on any atom is 0.290 e. The molecule has 5 rings (SSSR count). The van der Waals surface area contributed by atoms with Crippen LogP contribution in [-0.2, 0) is 16.0 Å². The van der Waals surface area contributed by atoms with Crippen molar-refractivity contribution in [3.63, 3.8) is 0 Å². The van der Waals surface area contributed by atoms with Crippen molar-refractivity contribution < 1.29 is 19.5 Å². The summed E-state index contributed by atoms with van der Waals surface area (Å²) in [6.07, 6.45) is 3.53. The van der Waals surface area contributed by atoms with Crippen LogP contribution in [0.2, 0.25) is 0 Å². The molecule has 9 nitrogen and oxygen atoms in total. The molecule has 162 valence electrons. The summed E-state index contributed by atoms with van der Waals surface area (Å²) in [6.45, 7) is 5.68. The van der Waals surface area contributed by atoms with E-state index >= 15 is 0 Å². The summed E-state index contributed by atoms with van der Waals surface area (Å²) >= 11 is 0. The molecule has 0 unspecified atom stereocenters. The molecule has 2 bridgehead atoms. The zero-order valence-electron chi connectivity index (χ0n) is 17.2. The second kappa shape index (κ2) is 10.2. The highest BCUT2D eigenvalue weighted by atomic mass is 16.3. The third-order valence-corrected chi connectivity index (χ3v) is 5.75. The van der Waals surface area contributed by atoms with Crippen LogP contribution in [0.4, 0.5) is 0 Å². The number of fused-ring (bicyclic) bond motifs is 4. The predicted octanol–water partition coefficient (Wildman–Crippen LogP) is 1.16. The van der Waals surface area contributed by atoms with Crippen LogP contribution >= 0.6 is 0 Å². The summed E-state index contributed by atoms with van der Waals surface area (Å²) in [4.78, 5) is 35.6. The maximum absolute atomic E-state index is 12.8. The molecule has 9 heteroatoms. The summed E-state index contributed by atoms with van der Waals surface area (Å²) in [5.74, 6) is 0.438. The Kier molecular flexibility index (Phi) is 7.40. The summed E-state index contributed by atoms with van der Waals surface area (Å²) in [5.41, 5.74) is 2.11. The van der Waals surface area contributed by atoms with E-state index in [-0.39, 0.29) is 24.3 Å². The van der Waals surface area contributed by atoms with E-state index in [1.165, 1.54) is 0 Å². The fraction of sp³-hybridized carbons (Fsp3) is 0.524. The fourth-order valence-electron chi connectivity index (χ4n) is 4.22. The van der Waals surface area contributed by atoms with Gasteiger partial charge >= 0.3 is 0 Å². The molecule has 30 heavy (non-hydrogen) atoms. The number of aromatic amines is 1. The third kappa shape index (κ3) is 5.15. The molecule has 1 aromatic heterocycles. The maximum atomic E-state index is 12.8. The van der Waals surface area contributed by atoms with Gasteiger partial charge in [0.05, 0.1) is 11.9 Å². The van der Waals surface area contributed by atoms with E-state index in [1.54, 1.807) is 0 Å².